The topological polar surface area (TPSA) is 43.8 Å². The van der Waals surface area contributed by atoms with E-state index in [4.69, 9.17) is 0 Å². The molecule has 1 saturated heterocycles. The lowest BCUT2D eigenvalue weighted by atomic mass is 10.1. The molecule has 1 aromatic carbocycles. The van der Waals surface area contributed by atoms with Gasteiger partial charge in [0.05, 0.1) is 12.5 Å². The van der Waals surface area contributed by atoms with Gasteiger partial charge in [0.2, 0.25) is 5.91 Å². The summed E-state index contributed by atoms with van der Waals surface area (Å²) in [4.78, 5) is 19.0. The second-order valence-electron chi connectivity index (χ2n) is 6.30. The molecule has 1 aromatic heterocycles. The predicted octanol–water partition coefficient (Wildman–Crippen LogP) is 2.48. The summed E-state index contributed by atoms with van der Waals surface area (Å²) in [5.41, 5.74) is 0.948. The summed E-state index contributed by atoms with van der Waals surface area (Å²) in [7, 11) is 0. The molecule has 128 valence electrons. The molecule has 0 bridgehead atoms. The second-order valence-corrected chi connectivity index (χ2v) is 7.67. The number of hydrogen-bond donors (Lipinski definition) is 1. The van der Waals surface area contributed by atoms with Gasteiger partial charge in [-0.05, 0) is 24.6 Å². The van der Waals surface area contributed by atoms with Crippen LogP contribution in [0.25, 0.3) is 0 Å². The van der Waals surface area contributed by atoms with E-state index in [-0.39, 0.29) is 5.91 Å². The van der Waals surface area contributed by atoms with Crippen molar-refractivity contribution < 1.29 is 9.90 Å². The Morgan fingerprint density at radius 1 is 1.12 bits per heavy atom. The van der Waals surface area contributed by atoms with E-state index in [9.17, 15) is 9.90 Å². The van der Waals surface area contributed by atoms with E-state index in [0.717, 1.165) is 36.6 Å². The molecule has 1 fully saturated rings. The van der Waals surface area contributed by atoms with Gasteiger partial charge in [0.25, 0.3) is 0 Å². The lowest BCUT2D eigenvalue weighted by Crippen LogP contribution is -2.49. The van der Waals surface area contributed by atoms with Gasteiger partial charge in [0.1, 0.15) is 0 Å². The van der Waals surface area contributed by atoms with Gasteiger partial charge in [0.15, 0.2) is 0 Å². The first-order valence-corrected chi connectivity index (χ1v) is 9.22. The zero-order valence-electron chi connectivity index (χ0n) is 14.0. The maximum Gasteiger partial charge on any atom is 0.227 e. The molecule has 1 amide bonds. The molecule has 1 atom stereocenters. The number of rotatable bonds is 5. The fraction of sp³-hybridized carbons (Fsp3) is 0.421. The number of aliphatic hydroxyl groups excluding tert-OH is 1. The first kappa shape index (κ1) is 17.1. The number of thiophene rings is 1. The molecule has 1 N–H and O–H groups in total. The van der Waals surface area contributed by atoms with Crippen LogP contribution in [0.2, 0.25) is 0 Å². The van der Waals surface area contributed by atoms with Crippen molar-refractivity contribution in [2.24, 2.45) is 0 Å². The Balaban J connectivity index is 1.46. The van der Waals surface area contributed by atoms with Crippen LogP contribution in [-0.2, 0) is 11.2 Å². The van der Waals surface area contributed by atoms with Gasteiger partial charge in [-0.3, -0.25) is 9.69 Å². The van der Waals surface area contributed by atoms with E-state index in [0.29, 0.717) is 13.0 Å². The monoisotopic (exact) mass is 344 g/mol. The molecule has 1 aliphatic rings. The summed E-state index contributed by atoms with van der Waals surface area (Å²) in [5, 5.41) is 10.3. The van der Waals surface area contributed by atoms with E-state index >= 15 is 0 Å². The highest BCUT2D eigenvalue weighted by molar-refractivity contribution is 7.12. The summed E-state index contributed by atoms with van der Waals surface area (Å²) in [5.74, 6) is 0.208. The SMILES string of the molecule is Cc1ccc(CC(=O)N2CCN(CC(O)c3ccccc3)CC2)s1. The fourth-order valence-corrected chi connectivity index (χ4v) is 3.93. The van der Waals surface area contributed by atoms with E-state index < -0.39 is 6.10 Å². The van der Waals surface area contributed by atoms with Crippen molar-refractivity contribution in [2.75, 3.05) is 32.7 Å². The Hall–Kier alpha value is -1.69. The lowest BCUT2D eigenvalue weighted by Gasteiger charge is -2.35. The number of carbonyl (C=O) groups excluding carboxylic acids is 1. The molecular formula is C19H24N2O2S. The summed E-state index contributed by atoms with van der Waals surface area (Å²) in [6.45, 7) is 5.80. The van der Waals surface area contributed by atoms with Crippen LogP contribution in [0.4, 0.5) is 0 Å². The average Bonchev–Trinajstić information content (AvgIpc) is 3.01. The van der Waals surface area contributed by atoms with Gasteiger partial charge in [0, 0.05) is 42.5 Å². The molecule has 2 aromatic rings. The molecule has 3 rings (SSSR count). The molecule has 0 aliphatic carbocycles. The van der Waals surface area contributed by atoms with E-state index in [1.807, 2.05) is 41.3 Å². The van der Waals surface area contributed by atoms with Crippen LogP contribution in [0.1, 0.15) is 21.4 Å². The Kier molecular flexibility index (Phi) is 5.66. The first-order valence-electron chi connectivity index (χ1n) is 8.40. The largest absolute Gasteiger partial charge is 0.387 e. The van der Waals surface area contributed by atoms with Gasteiger partial charge < -0.3 is 10.0 Å². The Morgan fingerprint density at radius 3 is 2.46 bits per heavy atom. The smallest absolute Gasteiger partial charge is 0.227 e. The quantitative estimate of drug-likeness (QED) is 0.906. The third-order valence-electron chi connectivity index (χ3n) is 4.46. The van der Waals surface area contributed by atoms with Crippen LogP contribution in [0.5, 0.6) is 0 Å². The van der Waals surface area contributed by atoms with Crippen molar-refractivity contribution in [1.82, 2.24) is 9.80 Å². The van der Waals surface area contributed by atoms with Crippen molar-refractivity contribution in [3.8, 4) is 0 Å². The summed E-state index contributed by atoms with van der Waals surface area (Å²) >= 11 is 1.70. The second kappa shape index (κ2) is 7.92. The lowest BCUT2D eigenvalue weighted by molar-refractivity contribution is -0.132. The van der Waals surface area contributed by atoms with Crippen LogP contribution >= 0.6 is 11.3 Å². The van der Waals surface area contributed by atoms with E-state index in [2.05, 4.69) is 17.9 Å². The van der Waals surface area contributed by atoms with Crippen molar-refractivity contribution in [1.29, 1.82) is 0 Å². The fourth-order valence-electron chi connectivity index (χ4n) is 3.05. The number of nitrogens with zero attached hydrogens (tertiary/aromatic N) is 2. The third-order valence-corrected chi connectivity index (χ3v) is 5.46. The minimum atomic E-state index is -0.470. The number of carbonyl (C=O) groups is 1. The molecule has 1 aliphatic heterocycles. The molecule has 4 nitrogen and oxygen atoms in total. The Morgan fingerprint density at radius 2 is 1.83 bits per heavy atom. The highest BCUT2D eigenvalue weighted by Gasteiger charge is 2.23. The van der Waals surface area contributed by atoms with Crippen LogP contribution < -0.4 is 0 Å². The zero-order chi connectivity index (χ0) is 16.9. The molecule has 0 radical (unpaired) electrons. The van der Waals surface area contributed by atoms with Crippen molar-refractivity contribution in [2.45, 2.75) is 19.4 Å². The van der Waals surface area contributed by atoms with Gasteiger partial charge in [-0.25, -0.2) is 0 Å². The third kappa shape index (κ3) is 4.44. The van der Waals surface area contributed by atoms with Gasteiger partial charge in [-0.15, -0.1) is 11.3 Å². The molecule has 1 unspecified atom stereocenters. The first-order chi connectivity index (χ1) is 11.6. The Bertz CT molecular complexity index is 663. The van der Waals surface area contributed by atoms with Gasteiger partial charge >= 0.3 is 0 Å². The average molecular weight is 344 g/mol. The minimum Gasteiger partial charge on any atom is -0.387 e. The normalized spacial score (nSPS) is 17.0. The predicted molar refractivity (Wildman–Crippen MR) is 97.2 cm³/mol. The van der Waals surface area contributed by atoms with Crippen LogP contribution in [-0.4, -0.2) is 53.5 Å². The maximum atomic E-state index is 12.4. The summed E-state index contributed by atoms with van der Waals surface area (Å²) < 4.78 is 0. The van der Waals surface area contributed by atoms with Crippen LogP contribution in [0, 0.1) is 6.92 Å². The zero-order valence-corrected chi connectivity index (χ0v) is 14.8. The molecule has 0 saturated carbocycles. The Labute approximate surface area is 147 Å². The summed E-state index contributed by atoms with van der Waals surface area (Å²) in [6, 6.07) is 13.9. The molecule has 0 spiro atoms. The number of piperazine rings is 1. The van der Waals surface area contributed by atoms with Gasteiger partial charge in [-0.2, -0.15) is 0 Å². The summed E-state index contributed by atoms with van der Waals surface area (Å²) in [6.07, 6.45) is 0.0352. The van der Waals surface area contributed by atoms with E-state index in [1.54, 1.807) is 11.3 Å². The standard InChI is InChI=1S/C19H24N2O2S/c1-15-7-8-17(24-15)13-19(23)21-11-9-20(10-12-21)14-18(22)16-5-3-2-4-6-16/h2-8,18,22H,9-14H2,1H3. The molecule has 2 heterocycles. The minimum absolute atomic E-state index is 0.208. The van der Waals surface area contributed by atoms with Crippen LogP contribution in [0.15, 0.2) is 42.5 Å². The number of benzene rings is 1. The van der Waals surface area contributed by atoms with E-state index in [1.165, 1.54) is 4.88 Å². The highest BCUT2D eigenvalue weighted by Crippen LogP contribution is 2.18. The highest BCUT2D eigenvalue weighted by atomic mass is 32.1. The maximum absolute atomic E-state index is 12.4. The molecular weight excluding hydrogens is 320 g/mol. The molecule has 5 heteroatoms. The number of hydrogen-bond acceptors (Lipinski definition) is 4. The van der Waals surface area contributed by atoms with Crippen molar-refractivity contribution >= 4 is 17.2 Å². The van der Waals surface area contributed by atoms with Crippen LogP contribution in [0.3, 0.4) is 0 Å². The van der Waals surface area contributed by atoms with Gasteiger partial charge in [-0.1, -0.05) is 30.3 Å². The number of amides is 1. The number of aliphatic hydroxyl groups is 1. The number of aryl methyl sites for hydroxylation is 1. The van der Waals surface area contributed by atoms with Crippen molar-refractivity contribution in [3.05, 3.63) is 57.8 Å². The molecule has 24 heavy (non-hydrogen) atoms. The van der Waals surface area contributed by atoms with Crippen molar-refractivity contribution in [3.63, 3.8) is 0 Å². The number of β-amino-alcohol motifs (C(OH)–C–C–N with tert-alkyl or cyclic N) is 1.